The molecule has 1 amide bonds. The lowest BCUT2D eigenvalue weighted by Gasteiger charge is -2.28. The Bertz CT molecular complexity index is 510. The van der Waals surface area contributed by atoms with Crippen molar-refractivity contribution in [3.8, 4) is 5.75 Å². The first-order chi connectivity index (χ1) is 11.0. The van der Waals surface area contributed by atoms with Gasteiger partial charge in [-0.15, -0.1) is 0 Å². The third-order valence-electron chi connectivity index (χ3n) is 4.44. The maximum absolute atomic E-state index is 12.7. The quantitative estimate of drug-likeness (QED) is 0.734. The smallest absolute Gasteiger partial charge is 0.256 e. The van der Waals surface area contributed by atoms with E-state index in [4.69, 9.17) is 9.47 Å². The molecule has 23 heavy (non-hydrogen) atoms. The van der Waals surface area contributed by atoms with Crippen LogP contribution in [0.2, 0.25) is 0 Å². The molecule has 0 aromatic heterocycles. The molecule has 0 radical (unpaired) electrons. The largest absolute Gasteiger partial charge is 0.491 e. The van der Waals surface area contributed by atoms with Crippen LogP contribution in [0.15, 0.2) is 24.3 Å². The van der Waals surface area contributed by atoms with E-state index in [-0.39, 0.29) is 12.0 Å². The first kappa shape index (κ1) is 17.8. The summed E-state index contributed by atoms with van der Waals surface area (Å²) in [6, 6.07) is 7.54. The highest BCUT2D eigenvalue weighted by Gasteiger charge is 2.48. The SMILES string of the molecule is CCCO[C@@](C)(C(=O)Nc1ccc(O[C@H](C)CC)cc1)C1CC1. The molecule has 128 valence electrons. The van der Waals surface area contributed by atoms with Crippen LogP contribution in [0.25, 0.3) is 0 Å². The van der Waals surface area contributed by atoms with Crippen molar-refractivity contribution in [2.45, 2.75) is 65.1 Å². The molecule has 1 aromatic carbocycles. The number of hydrogen-bond acceptors (Lipinski definition) is 3. The number of amides is 1. The van der Waals surface area contributed by atoms with Crippen LogP contribution in [0.1, 0.15) is 53.4 Å². The number of anilines is 1. The molecular formula is C19H29NO3. The van der Waals surface area contributed by atoms with Gasteiger partial charge in [0.05, 0.1) is 6.10 Å². The van der Waals surface area contributed by atoms with Gasteiger partial charge in [0.25, 0.3) is 5.91 Å². The van der Waals surface area contributed by atoms with E-state index in [9.17, 15) is 4.79 Å². The number of hydrogen-bond donors (Lipinski definition) is 1. The highest BCUT2D eigenvalue weighted by Crippen LogP contribution is 2.42. The molecular weight excluding hydrogens is 290 g/mol. The highest BCUT2D eigenvalue weighted by atomic mass is 16.5. The summed E-state index contributed by atoms with van der Waals surface area (Å²) in [6.45, 7) is 8.72. The maximum atomic E-state index is 12.7. The molecule has 1 aromatic rings. The summed E-state index contributed by atoms with van der Waals surface area (Å²) in [5, 5.41) is 2.99. The summed E-state index contributed by atoms with van der Waals surface area (Å²) in [7, 11) is 0. The Labute approximate surface area is 139 Å². The Morgan fingerprint density at radius 1 is 1.30 bits per heavy atom. The normalized spacial score (nSPS) is 18.1. The third-order valence-corrected chi connectivity index (χ3v) is 4.44. The second kappa shape index (κ2) is 7.82. The fourth-order valence-corrected chi connectivity index (χ4v) is 2.50. The molecule has 0 heterocycles. The zero-order chi connectivity index (χ0) is 16.9. The minimum atomic E-state index is -0.720. The number of carbonyl (C=O) groups excluding carboxylic acids is 1. The minimum absolute atomic E-state index is 0.0518. The standard InChI is InChI=1S/C19H29NO3/c1-5-13-22-19(4,15-7-8-15)18(21)20-16-9-11-17(12-10-16)23-14(3)6-2/h9-12,14-15H,5-8,13H2,1-4H3,(H,20,21)/t14-,19-/m1/s1. The van der Waals surface area contributed by atoms with Crippen LogP contribution in [0.5, 0.6) is 5.75 Å². The maximum Gasteiger partial charge on any atom is 0.256 e. The third kappa shape index (κ3) is 4.71. The van der Waals surface area contributed by atoms with Gasteiger partial charge in [-0.1, -0.05) is 13.8 Å². The van der Waals surface area contributed by atoms with Gasteiger partial charge in [-0.25, -0.2) is 0 Å². The summed E-state index contributed by atoms with van der Waals surface area (Å²) in [6.07, 6.45) is 4.20. The van der Waals surface area contributed by atoms with E-state index in [1.54, 1.807) is 0 Å². The van der Waals surface area contributed by atoms with E-state index in [1.807, 2.05) is 38.1 Å². The zero-order valence-electron chi connectivity index (χ0n) is 14.7. The van der Waals surface area contributed by atoms with Crippen molar-refractivity contribution in [3.05, 3.63) is 24.3 Å². The highest BCUT2D eigenvalue weighted by molar-refractivity contribution is 5.97. The molecule has 1 N–H and O–H groups in total. The molecule has 4 nitrogen and oxygen atoms in total. The summed E-state index contributed by atoms with van der Waals surface area (Å²) in [4.78, 5) is 12.7. The molecule has 0 saturated heterocycles. The van der Waals surface area contributed by atoms with Gasteiger partial charge in [0, 0.05) is 12.3 Å². The summed E-state index contributed by atoms with van der Waals surface area (Å²) in [5.41, 5.74) is 0.0560. The van der Waals surface area contributed by atoms with Crippen LogP contribution in [0, 0.1) is 5.92 Å². The van der Waals surface area contributed by atoms with Crippen LogP contribution >= 0.6 is 0 Å². The van der Waals surface area contributed by atoms with E-state index in [0.29, 0.717) is 12.5 Å². The fourth-order valence-electron chi connectivity index (χ4n) is 2.50. The molecule has 1 saturated carbocycles. The van der Waals surface area contributed by atoms with Gasteiger partial charge in [0.1, 0.15) is 11.4 Å². The van der Waals surface area contributed by atoms with Crippen LogP contribution in [0.3, 0.4) is 0 Å². The van der Waals surface area contributed by atoms with E-state index in [1.165, 1.54) is 0 Å². The summed E-state index contributed by atoms with van der Waals surface area (Å²) >= 11 is 0. The molecule has 1 fully saturated rings. The Morgan fingerprint density at radius 2 is 1.96 bits per heavy atom. The van der Waals surface area contributed by atoms with E-state index in [0.717, 1.165) is 37.1 Å². The molecule has 1 aliphatic rings. The van der Waals surface area contributed by atoms with Crippen LogP contribution in [-0.2, 0) is 9.53 Å². The van der Waals surface area contributed by atoms with Crippen LogP contribution in [0.4, 0.5) is 5.69 Å². The predicted molar refractivity (Wildman–Crippen MR) is 92.8 cm³/mol. The average Bonchev–Trinajstić information content (AvgIpc) is 3.39. The van der Waals surface area contributed by atoms with Crippen molar-refractivity contribution in [2.75, 3.05) is 11.9 Å². The number of rotatable bonds is 9. The summed E-state index contributed by atoms with van der Waals surface area (Å²) in [5.74, 6) is 1.11. The van der Waals surface area contributed by atoms with Gasteiger partial charge < -0.3 is 14.8 Å². The lowest BCUT2D eigenvalue weighted by Crippen LogP contribution is -2.45. The molecule has 0 bridgehead atoms. The fraction of sp³-hybridized carbons (Fsp3) is 0.632. The second-order valence-corrected chi connectivity index (χ2v) is 6.55. The molecule has 1 aliphatic carbocycles. The van der Waals surface area contributed by atoms with Gasteiger partial charge in [-0.2, -0.15) is 0 Å². The lowest BCUT2D eigenvalue weighted by atomic mass is 9.98. The van der Waals surface area contributed by atoms with Crippen LogP contribution < -0.4 is 10.1 Å². The monoisotopic (exact) mass is 319 g/mol. The zero-order valence-corrected chi connectivity index (χ0v) is 14.7. The van der Waals surface area contributed by atoms with Gasteiger partial charge >= 0.3 is 0 Å². The molecule has 4 heteroatoms. The first-order valence-electron chi connectivity index (χ1n) is 8.71. The average molecular weight is 319 g/mol. The molecule has 2 atom stereocenters. The van der Waals surface area contributed by atoms with Gasteiger partial charge in [-0.3, -0.25) is 4.79 Å². The number of carbonyl (C=O) groups is 1. The lowest BCUT2D eigenvalue weighted by molar-refractivity contribution is -0.142. The van der Waals surface area contributed by atoms with E-state index >= 15 is 0 Å². The Kier molecular flexibility index (Phi) is 6.05. The Balaban J connectivity index is 1.98. The van der Waals surface area contributed by atoms with Crippen molar-refractivity contribution in [3.63, 3.8) is 0 Å². The van der Waals surface area contributed by atoms with E-state index < -0.39 is 5.60 Å². The summed E-state index contributed by atoms with van der Waals surface area (Å²) < 4.78 is 11.6. The van der Waals surface area contributed by atoms with Crippen molar-refractivity contribution < 1.29 is 14.3 Å². The topological polar surface area (TPSA) is 47.6 Å². The van der Waals surface area contributed by atoms with Gasteiger partial charge in [0.2, 0.25) is 0 Å². The number of nitrogens with one attached hydrogen (secondary N) is 1. The van der Waals surface area contributed by atoms with Gasteiger partial charge in [-0.05, 0) is 69.7 Å². The Morgan fingerprint density at radius 3 is 2.48 bits per heavy atom. The molecule has 0 spiro atoms. The van der Waals surface area contributed by atoms with Crippen molar-refractivity contribution in [1.82, 2.24) is 0 Å². The number of benzene rings is 1. The van der Waals surface area contributed by atoms with Crippen LogP contribution in [-0.4, -0.2) is 24.2 Å². The predicted octanol–water partition coefficient (Wildman–Crippen LogP) is 4.40. The molecule has 0 unspecified atom stereocenters. The van der Waals surface area contributed by atoms with Crippen molar-refractivity contribution >= 4 is 11.6 Å². The number of ether oxygens (including phenoxy) is 2. The van der Waals surface area contributed by atoms with Crippen molar-refractivity contribution in [2.24, 2.45) is 5.92 Å². The molecule has 0 aliphatic heterocycles. The minimum Gasteiger partial charge on any atom is -0.491 e. The van der Waals surface area contributed by atoms with Crippen molar-refractivity contribution in [1.29, 1.82) is 0 Å². The molecule has 2 rings (SSSR count). The first-order valence-corrected chi connectivity index (χ1v) is 8.71. The Hall–Kier alpha value is -1.55. The van der Waals surface area contributed by atoms with Gasteiger partial charge in [0.15, 0.2) is 0 Å². The second-order valence-electron chi connectivity index (χ2n) is 6.55. The van der Waals surface area contributed by atoms with E-state index in [2.05, 4.69) is 19.2 Å².